The average molecular weight is 344 g/mol. The van der Waals surface area contributed by atoms with Gasteiger partial charge in [0.2, 0.25) is 5.78 Å². The molecular weight excluding hydrogens is 333 g/mol. The Kier molecular flexibility index (Phi) is 4.98. The van der Waals surface area contributed by atoms with Crippen molar-refractivity contribution < 1.29 is 14.3 Å². The number of thiophene rings is 1. The Bertz CT molecular complexity index is 712. The van der Waals surface area contributed by atoms with Gasteiger partial charge in [-0.05, 0) is 26.0 Å². The molecule has 0 aromatic carbocycles. The second-order valence-corrected chi connectivity index (χ2v) is 6.55. The number of Topliss-reactive ketones (excluding diaryl/α,β-unsaturated/α-hetero) is 1. The van der Waals surface area contributed by atoms with Crippen LogP contribution in [0.5, 0.6) is 0 Å². The summed E-state index contributed by atoms with van der Waals surface area (Å²) < 4.78 is 4.98. The summed E-state index contributed by atoms with van der Waals surface area (Å²) in [6, 6.07) is 3.14. The van der Waals surface area contributed by atoms with E-state index in [-0.39, 0.29) is 28.1 Å². The van der Waals surface area contributed by atoms with Crippen molar-refractivity contribution in [1.29, 1.82) is 0 Å². The maximum Gasteiger partial charge on any atom is 0.340 e. The molecule has 0 aliphatic carbocycles. The third kappa shape index (κ3) is 3.81. The van der Waals surface area contributed by atoms with Crippen LogP contribution in [0, 0.1) is 13.8 Å². The fourth-order valence-electron chi connectivity index (χ4n) is 1.73. The zero-order valence-electron chi connectivity index (χ0n) is 11.3. The van der Waals surface area contributed by atoms with Crippen LogP contribution in [0.2, 0.25) is 10.2 Å². The Morgan fingerprint density at radius 3 is 2.57 bits per heavy atom. The predicted octanol–water partition coefficient (Wildman–Crippen LogP) is 4.11. The third-order valence-corrected chi connectivity index (χ3v) is 4.36. The molecule has 0 radical (unpaired) electrons. The van der Waals surface area contributed by atoms with Crippen LogP contribution in [0.3, 0.4) is 0 Å². The predicted molar refractivity (Wildman–Crippen MR) is 82.7 cm³/mol. The molecule has 2 aromatic rings. The summed E-state index contributed by atoms with van der Waals surface area (Å²) in [6.45, 7) is 3.45. The van der Waals surface area contributed by atoms with E-state index in [1.165, 1.54) is 23.6 Å². The quantitative estimate of drug-likeness (QED) is 0.476. The van der Waals surface area contributed by atoms with E-state index in [4.69, 9.17) is 27.9 Å². The van der Waals surface area contributed by atoms with Crippen LogP contribution in [-0.2, 0) is 4.74 Å². The number of rotatable bonds is 4. The molecule has 2 aromatic heterocycles. The van der Waals surface area contributed by atoms with Gasteiger partial charge in [-0.3, -0.25) is 4.79 Å². The maximum absolute atomic E-state index is 12.0. The minimum atomic E-state index is -0.668. The van der Waals surface area contributed by atoms with Crippen molar-refractivity contribution >= 4 is 46.3 Å². The van der Waals surface area contributed by atoms with Gasteiger partial charge in [0.15, 0.2) is 6.61 Å². The number of hydrogen-bond donors (Lipinski definition) is 0. The molecule has 21 heavy (non-hydrogen) atoms. The minimum Gasteiger partial charge on any atom is -0.454 e. The second kappa shape index (κ2) is 6.56. The molecule has 0 aliphatic rings. The monoisotopic (exact) mass is 343 g/mol. The Hall–Kier alpha value is -1.43. The van der Waals surface area contributed by atoms with Gasteiger partial charge in [0.25, 0.3) is 0 Å². The summed E-state index contributed by atoms with van der Waals surface area (Å²) >= 11 is 13.0. The van der Waals surface area contributed by atoms with E-state index in [1.807, 2.05) is 13.8 Å². The van der Waals surface area contributed by atoms with Crippen LogP contribution in [0.4, 0.5) is 0 Å². The molecule has 7 heteroatoms. The van der Waals surface area contributed by atoms with Crippen molar-refractivity contribution in [3.63, 3.8) is 0 Å². The van der Waals surface area contributed by atoms with Crippen molar-refractivity contribution in [1.82, 2.24) is 4.98 Å². The van der Waals surface area contributed by atoms with E-state index in [0.29, 0.717) is 5.56 Å². The van der Waals surface area contributed by atoms with E-state index >= 15 is 0 Å². The van der Waals surface area contributed by atoms with Crippen molar-refractivity contribution in [3.05, 3.63) is 49.4 Å². The van der Waals surface area contributed by atoms with Gasteiger partial charge >= 0.3 is 5.97 Å². The fraction of sp³-hybridized carbons (Fsp3) is 0.214. The number of carbonyl (C=O) groups is 2. The molecule has 110 valence electrons. The summed E-state index contributed by atoms with van der Waals surface area (Å²) in [5, 5.41) is 0.260. The van der Waals surface area contributed by atoms with Crippen molar-refractivity contribution in [2.24, 2.45) is 0 Å². The van der Waals surface area contributed by atoms with Gasteiger partial charge in [0.1, 0.15) is 5.15 Å². The molecule has 0 spiro atoms. The summed E-state index contributed by atoms with van der Waals surface area (Å²) in [4.78, 5) is 29.5. The first-order valence-electron chi connectivity index (χ1n) is 5.97. The van der Waals surface area contributed by atoms with Gasteiger partial charge < -0.3 is 4.74 Å². The molecule has 0 bridgehead atoms. The van der Waals surface area contributed by atoms with Crippen molar-refractivity contribution in [2.45, 2.75) is 13.8 Å². The van der Waals surface area contributed by atoms with Crippen LogP contribution < -0.4 is 0 Å². The van der Waals surface area contributed by atoms with Crippen LogP contribution in [-0.4, -0.2) is 23.3 Å². The summed E-state index contributed by atoms with van der Waals surface area (Å²) in [5.41, 5.74) is 0.730. The summed E-state index contributed by atoms with van der Waals surface area (Å²) in [6.07, 6.45) is 1.25. The smallest absolute Gasteiger partial charge is 0.340 e. The topological polar surface area (TPSA) is 56.3 Å². The lowest BCUT2D eigenvalue weighted by atomic mass is 10.2. The first-order valence-corrected chi connectivity index (χ1v) is 7.54. The van der Waals surface area contributed by atoms with E-state index in [9.17, 15) is 9.59 Å². The minimum absolute atomic E-state index is 0.105. The SMILES string of the molecule is Cc1cc(C(=O)COC(=O)c2cnc(Cl)c(Cl)c2)c(C)s1. The number of ether oxygens (including phenoxy) is 1. The summed E-state index contributed by atoms with van der Waals surface area (Å²) in [5.74, 6) is -0.905. The van der Waals surface area contributed by atoms with E-state index < -0.39 is 5.97 Å². The molecule has 0 aliphatic heterocycles. The van der Waals surface area contributed by atoms with Crippen molar-refractivity contribution in [3.8, 4) is 0 Å². The Morgan fingerprint density at radius 1 is 1.29 bits per heavy atom. The first-order chi connectivity index (χ1) is 9.88. The number of aryl methyl sites for hydroxylation is 2. The maximum atomic E-state index is 12.0. The van der Waals surface area contributed by atoms with E-state index in [1.54, 1.807) is 6.07 Å². The molecule has 0 unspecified atom stereocenters. The number of pyridine rings is 1. The van der Waals surface area contributed by atoms with Crippen LogP contribution in [0.15, 0.2) is 18.3 Å². The number of esters is 1. The molecule has 0 amide bonds. The van der Waals surface area contributed by atoms with Crippen LogP contribution >= 0.6 is 34.5 Å². The molecule has 2 rings (SSSR count). The molecule has 0 saturated carbocycles. The van der Waals surface area contributed by atoms with Gasteiger partial charge in [0.05, 0.1) is 10.6 Å². The average Bonchev–Trinajstić information content (AvgIpc) is 2.77. The van der Waals surface area contributed by atoms with E-state index in [0.717, 1.165) is 9.75 Å². The Morgan fingerprint density at radius 2 is 2.00 bits per heavy atom. The molecular formula is C14H11Cl2NO3S. The number of nitrogens with zero attached hydrogens (tertiary/aromatic N) is 1. The highest BCUT2D eigenvalue weighted by Crippen LogP contribution is 2.22. The van der Waals surface area contributed by atoms with Gasteiger partial charge in [-0.15, -0.1) is 11.3 Å². The summed E-state index contributed by atoms with van der Waals surface area (Å²) in [7, 11) is 0. The number of aromatic nitrogens is 1. The molecule has 0 N–H and O–H groups in total. The lowest BCUT2D eigenvalue weighted by Crippen LogP contribution is -2.14. The highest BCUT2D eigenvalue weighted by atomic mass is 35.5. The second-order valence-electron chi connectivity index (χ2n) is 4.32. The first kappa shape index (κ1) is 15.9. The van der Waals surface area contributed by atoms with Gasteiger partial charge in [-0.25, -0.2) is 9.78 Å². The Balaban J connectivity index is 2.02. The van der Waals surface area contributed by atoms with Crippen LogP contribution in [0.25, 0.3) is 0 Å². The number of carbonyl (C=O) groups excluding carboxylic acids is 2. The standard InChI is InChI=1S/C14H11Cl2NO3S/c1-7-3-10(8(2)21-7)12(18)6-20-14(19)9-4-11(15)13(16)17-5-9/h3-5H,6H2,1-2H3. The normalized spacial score (nSPS) is 10.5. The number of hydrogen-bond acceptors (Lipinski definition) is 5. The number of ketones is 1. The van der Waals surface area contributed by atoms with E-state index in [2.05, 4.69) is 4.98 Å². The van der Waals surface area contributed by atoms with Gasteiger partial charge in [0, 0.05) is 21.5 Å². The molecule has 0 atom stereocenters. The van der Waals surface area contributed by atoms with Crippen LogP contribution in [0.1, 0.15) is 30.5 Å². The zero-order chi connectivity index (χ0) is 15.6. The number of halogens is 2. The lowest BCUT2D eigenvalue weighted by molar-refractivity contribution is 0.0474. The van der Waals surface area contributed by atoms with Crippen molar-refractivity contribution in [2.75, 3.05) is 6.61 Å². The molecule has 2 heterocycles. The third-order valence-electron chi connectivity index (χ3n) is 2.71. The Labute approximate surface area is 135 Å². The lowest BCUT2D eigenvalue weighted by Gasteiger charge is -2.04. The highest BCUT2D eigenvalue weighted by molar-refractivity contribution is 7.12. The van der Waals surface area contributed by atoms with Gasteiger partial charge in [-0.1, -0.05) is 23.2 Å². The molecule has 0 saturated heterocycles. The fourth-order valence-corrected chi connectivity index (χ4v) is 2.94. The molecule has 0 fully saturated rings. The largest absolute Gasteiger partial charge is 0.454 e. The zero-order valence-corrected chi connectivity index (χ0v) is 13.6. The van der Waals surface area contributed by atoms with Gasteiger partial charge in [-0.2, -0.15) is 0 Å². The molecule has 4 nitrogen and oxygen atoms in total. The highest BCUT2D eigenvalue weighted by Gasteiger charge is 2.16.